The molecule has 0 bridgehead atoms. The van der Waals surface area contributed by atoms with Crippen LogP contribution in [0.5, 0.6) is 0 Å². The first-order valence-corrected chi connectivity index (χ1v) is 11.3. The third-order valence-corrected chi connectivity index (χ3v) is 6.67. The van der Waals surface area contributed by atoms with Crippen LogP contribution in [-0.4, -0.2) is 30.9 Å². The summed E-state index contributed by atoms with van der Waals surface area (Å²) in [5.74, 6) is -0.241. The number of nitrogens with zero attached hydrogens (tertiary/aromatic N) is 1. The SMILES string of the molecule is CN[C@@H](C)C(=O)N[C@H]1CCc2ccccc2N(Cc2cccc3c(Br)cccc23)C1=O.Cl. The number of rotatable bonds is 5. The lowest BCUT2D eigenvalue weighted by Gasteiger charge is -2.27. The van der Waals surface area contributed by atoms with E-state index in [9.17, 15) is 9.59 Å². The lowest BCUT2D eigenvalue weighted by Crippen LogP contribution is -2.52. The van der Waals surface area contributed by atoms with Crippen molar-refractivity contribution in [2.45, 2.75) is 38.4 Å². The van der Waals surface area contributed by atoms with E-state index in [1.807, 2.05) is 41.3 Å². The highest BCUT2D eigenvalue weighted by Crippen LogP contribution is 2.32. The van der Waals surface area contributed by atoms with E-state index in [0.29, 0.717) is 13.0 Å². The van der Waals surface area contributed by atoms with Crippen LogP contribution in [0.2, 0.25) is 0 Å². The summed E-state index contributed by atoms with van der Waals surface area (Å²) in [5, 5.41) is 8.11. The quantitative estimate of drug-likeness (QED) is 0.521. The molecule has 0 aromatic heterocycles. The molecule has 4 rings (SSSR count). The Bertz CT molecular complexity index is 1140. The van der Waals surface area contributed by atoms with Gasteiger partial charge in [-0.3, -0.25) is 9.59 Å². The Morgan fingerprint density at radius 1 is 1.09 bits per heavy atom. The van der Waals surface area contributed by atoms with Crippen LogP contribution >= 0.6 is 28.3 Å². The van der Waals surface area contributed by atoms with Gasteiger partial charge in [-0.15, -0.1) is 12.4 Å². The van der Waals surface area contributed by atoms with Gasteiger partial charge in [-0.05, 0) is 60.8 Å². The molecular formula is C25H27BrClN3O2. The van der Waals surface area contributed by atoms with E-state index in [1.165, 1.54) is 0 Å². The highest BCUT2D eigenvalue weighted by atomic mass is 79.9. The summed E-state index contributed by atoms with van der Waals surface area (Å²) < 4.78 is 1.03. The van der Waals surface area contributed by atoms with Gasteiger partial charge in [0.1, 0.15) is 6.04 Å². The molecule has 2 amide bonds. The summed E-state index contributed by atoms with van der Waals surface area (Å²) in [4.78, 5) is 28.0. The van der Waals surface area contributed by atoms with E-state index in [4.69, 9.17) is 0 Å². The summed E-state index contributed by atoms with van der Waals surface area (Å²) in [5.41, 5.74) is 3.10. The number of nitrogens with one attached hydrogen (secondary N) is 2. The second kappa shape index (κ2) is 10.5. The van der Waals surface area contributed by atoms with Crippen molar-refractivity contribution < 1.29 is 9.59 Å². The number of fused-ring (bicyclic) bond motifs is 2. The van der Waals surface area contributed by atoms with Crippen LogP contribution < -0.4 is 15.5 Å². The number of aryl methyl sites for hydroxylation is 1. The van der Waals surface area contributed by atoms with Crippen LogP contribution in [0, 0.1) is 0 Å². The number of amides is 2. The molecule has 3 aromatic carbocycles. The molecule has 0 saturated carbocycles. The molecule has 32 heavy (non-hydrogen) atoms. The normalized spacial score (nSPS) is 16.7. The van der Waals surface area contributed by atoms with E-state index >= 15 is 0 Å². The first-order chi connectivity index (χ1) is 15.0. The van der Waals surface area contributed by atoms with Crippen LogP contribution in [0.4, 0.5) is 5.69 Å². The molecule has 0 radical (unpaired) electrons. The number of hydrogen-bond donors (Lipinski definition) is 2. The zero-order valence-corrected chi connectivity index (χ0v) is 20.5. The largest absolute Gasteiger partial charge is 0.343 e. The fraction of sp³-hybridized carbons (Fsp3) is 0.280. The Kier molecular flexibility index (Phi) is 7.93. The Morgan fingerprint density at radius 3 is 2.59 bits per heavy atom. The summed E-state index contributed by atoms with van der Waals surface area (Å²) >= 11 is 3.63. The molecule has 1 aliphatic heterocycles. The zero-order chi connectivity index (χ0) is 22.0. The van der Waals surface area contributed by atoms with Gasteiger partial charge in [0.05, 0.1) is 12.6 Å². The average molecular weight is 517 g/mol. The van der Waals surface area contributed by atoms with Gasteiger partial charge in [0.15, 0.2) is 0 Å². The average Bonchev–Trinajstić information content (AvgIpc) is 2.91. The van der Waals surface area contributed by atoms with Gasteiger partial charge in [-0.1, -0.05) is 64.5 Å². The first kappa shape index (κ1) is 24.2. The van der Waals surface area contributed by atoms with Crippen LogP contribution in [0.15, 0.2) is 65.1 Å². The van der Waals surface area contributed by atoms with Gasteiger partial charge in [0.2, 0.25) is 11.8 Å². The lowest BCUT2D eigenvalue weighted by molar-refractivity contribution is -0.128. The lowest BCUT2D eigenvalue weighted by atomic mass is 10.0. The van der Waals surface area contributed by atoms with E-state index < -0.39 is 6.04 Å². The third kappa shape index (κ3) is 4.82. The van der Waals surface area contributed by atoms with Crippen molar-refractivity contribution in [1.82, 2.24) is 10.6 Å². The topological polar surface area (TPSA) is 61.4 Å². The number of carbonyl (C=O) groups excluding carboxylic acids is 2. The van der Waals surface area contributed by atoms with Crippen molar-refractivity contribution in [2.24, 2.45) is 0 Å². The third-order valence-electron chi connectivity index (χ3n) is 5.98. The minimum atomic E-state index is -0.558. The molecule has 0 unspecified atom stereocenters. The van der Waals surface area contributed by atoms with Crippen LogP contribution in [0.25, 0.3) is 10.8 Å². The molecular weight excluding hydrogens is 490 g/mol. The number of likely N-dealkylation sites (N-methyl/N-ethyl adjacent to an activating group) is 1. The number of anilines is 1. The maximum atomic E-state index is 13.6. The Balaban J connectivity index is 0.00000289. The summed E-state index contributed by atoms with van der Waals surface area (Å²) in [6.45, 7) is 2.23. The zero-order valence-electron chi connectivity index (χ0n) is 18.1. The van der Waals surface area contributed by atoms with Gasteiger partial charge in [-0.2, -0.15) is 0 Å². The second-order valence-corrected chi connectivity index (χ2v) is 8.77. The van der Waals surface area contributed by atoms with Gasteiger partial charge in [0.25, 0.3) is 0 Å². The number of benzene rings is 3. The molecule has 168 valence electrons. The highest BCUT2D eigenvalue weighted by molar-refractivity contribution is 9.10. The second-order valence-electron chi connectivity index (χ2n) is 7.92. The van der Waals surface area contributed by atoms with Gasteiger partial charge in [-0.25, -0.2) is 0 Å². The van der Waals surface area contributed by atoms with Crippen LogP contribution in [0.3, 0.4) is 0 Å². The Hall–Kier alpha value is -2.41. The standard InChI is InChI=1S/C25H26BrN3O2.ClH/c1-16(27-2)24(30)28-22-14-13-17-7-3-4-12-23(17)29(25(22)31)15-18-8-5-10-20-19(18)9-6-11-21(20)26;/h3-12,16,22,27H,13-15H2,1-2H3,(H,28,30);1H/t16-,22-;/m0./s1. The van der Waals surface area contributed by atoms with Crippen LogP contribution in [-0.2, 0) is 22.6 Å². The molecule has 0 saturated heterocycles. The molecule has 0 fully saturated rings. The smallest absolute Gasteiger partial charge is 0.249 e. The minimum absolute atomic E-state index is 0. The number of para-hydroxylation sites is 1. The van der Waals surface area contributed by atoms with Crippen molar-refractivity contribution in [2.75, 3.05) is 11.9 Å². The van der Waals surface area contributed by atoms with Gasteiger partial charge >= 0.3 is 0 Å². The molecule has 5 nitrogen and oxygen atoms in total. The summed E-state index contributed by atoms with van der Waals surface area (Å²) in [6.07, 6.45) is 1.31. The van der Waals surface area contributed by atoms with E-state index in [1.54, 1.807) is 14.0 Å². The van der Waals surface area contributed by atoms with Crippen molar-refractivity contribution in [3.05, 3.63) is 76.3 Å². The summed E-state index contributed by atoms with van der Waals surface area (Å²) in [6, 6.07) is 19.4. The number of hydrogen-bond acceptors (Lipinski definition) is 3. The molecule has 7 heteroatoms. The number of carbonyl (C=O) groups is 2. The molecule has 3 aromatic rings. The predicted octanol–water partition coefficient (Wildman–Crippen LogP) is 4.60. The fourth-order valence-corrected chi connectivity index (χ4v) is 4.58. The highest BCUT2D eigenvalue weighted by Gasteiger charge is 2.32. The van der Waals surface area contributed by atoms with E-state index in [0.717, 1.165) is 38.5 Å². The minimum Gasteiger partial charge on any atom is -0.343 e. The van der Waals surface area contributed by atoms with Crippen molar-refractivity contribution >= 4 is 56.6 Å². The Morgan fingerprint density at radius 2 is 1.81 bits per heavy atom. The molecule has 2 N–H and O–H groups in total. The van der Waals surface area contributed by atoms with Gasteiger partial charge in [0, 0.05) is 10.2 Å². The number of halogens is 2. The van der Waals surface area contributed by atoms with E-state index in [2.05, 4.69) is 50.8 Å². The Labute approximate surface area is 203 Å². The van der Waals surface area contributed by atoms with Crippen molar-refractivity contribution in [3.63, 3.8) is 0 Å². The van der Waals surface area contributed by atoms with Crippen LogP contribution in [0.1, 0.15) is 24.5 Å². The van der Waals surface area contributed by atoms with E-state index in [-0.39, 0.29) is 30.3 Å². The first-order valence-electron chi connectivity index (χ1n) is 10.5. The molecule has 1 aliphatic rings. The van der Waals surface area contributed by atoms with Crippen molar-refractivity contribution in [1.29, 1.82) is 0 Å². The maximum Gasteiger partial charge on any atom is 0.249 e. The molecule has 0 spiro atoms. The fourth-order valence-electron chi connectivity index (χ4n) is 4.09. The maximum absolute atomic E-state index is 13.6. The predicted molar refractivity (Wildman–Crippen MR) is 135 cm³/mol. The summed E-state index contributed by atoms with van der Waals surface area (Å²) in [7, 11) is 1.74. The molecule has 2 atom stereocenters. The van der Waals surface area contributed by atoms with Crippen molar-refractivity contribution in [3.8, 4) is 0 Å². The van der Waals surface area contributed by atoms with Gasteiger partial charge < -0.3 is 15.5 Å². The molecule has 0 aliphatic carbocycles. The molecule has 1 heterocycles. The monoisotopic (exact) mass is 515 g/mol.